The largest absolute Gasteiger partial charge is 0.352 e. The van der Waals surface area contributed by atoms with Crippen LogP contribution in [-0.4, -0.2) is 54.1 Å². The van der Waals surface area contributed by atoms with Crippen molar-refractivity contribution < 1.29 is 4.79 Å². The Morgan fingerprint density at radius 1 is 0.925 bits per heavy atom. The van der Waals surface area contributed by atoms with Crippen molar-refractivity contribution in [3.63, 3.8) is 0 Å². The molecule has 4 N–H and O–H groups in total. The van der Waals surface area contributed by atoms with Crippen molar-refractivity contribution in [1.82, 2.24) is 40.4 Å². The molecule has 7 rings (SSSR count). The number of nitrogens with zero attached hydrogens (tertiary/aromatic N) is 5. The molecule has 0 spiro atoms. The van der Waals surface area contributed by atoms with E-state index in [0.29, 0.717) is 23.7 Å². The summed E-state index contributed by atoms with van der Waals surface area (Å²) in [7, 11) is 0. The summed E-state index contributed by atoms with van der Waals surface area (Å²) >= 11 is 0. The average molecular weight is 530 g/mol. The molecule has 10 heteroatoms. The summed E-state index contributed by atoms with van der Waals surface area (Å²) in [4.78, 5) is 34.1. The predicted octanol–water partition coefficient (Wildman–Crippen LogP) is 4.95. The number of nitrogens with one attached hydrogen (secondary N) is 4. The number of carbonyl (C=O) groups is 1. The van der Waals surface area contributed by atoms with Crippen molar-refractivity contribution in [2.24, 2.45) is 5.92 Å². The van der Waals surface area contributed by atoms with E-state index in [1.165, 1.54) is 0 Å². The highest BCUT2D eigenvalue weighted by Crippen LogP contribution is 2.33. The molecule has 1 saturated heterocycles. The van der Waals surface area contributed by atoms with Crippen LogP contribution in [0.2, 0.25) is 0 Å². The molecule has 0 unspecified atom stereocenters. The maximum absolute atomic E-state index is 12.7. The second-order valence-corrected chi connectivity index (χ2v) is 10.1. The summed E-state index contributed by atoms with van der Waals surface area (Å²) in [5, 5.41) is 15.1. The Morgan fingerprint density at radius 3 is 2.67 bits per heavy atom. The number of rotatable bonds is 6. The quantitative estimate of drug-likeness (QED) is 0.239. The molecule has 1 fully saturated rings. The fraction of sp³-hybridized carbons (Fsp3) is 0.200. The maximum Gasteiger partial charge on any atom is 0.224 e. The van der Waals surface area contributed by atoms with Gasteiger partial charge in [-0.2, -0.15) is 5.10 Å². The third kappa shape index (κ3) is 4.69. The fourth-order valence-corrected chi connectivity index (χ4v) is 5.39. The van der Waals surface area contributed by atoms with Crippen LogP contribution in [0.15, 0.2) is 73.6 Å². The van der Waals surface area contributed by atoms with Gasteiger partial charge in [0.1, 0.15) is 11.2 Å². The van der Waals surface area contributed by atoms with Gasteiger partial charge in [-0.1, -0.05) is 6.07 Å². The third-order valence-corrected chi connectivity index (χ3v) is 7.43. The van der Waals surface area contributed by atoms with Gasteiger partial charge in [-0.3, -0.25) is 24.8 Å². The molecule has 1 amide bonds. The van der Waals surface area contributed by atoms with E-state index in [-0.39, 0.29) is 5.91 Å². The number of piperidine rings is 1. The molecule has 0 aromatic carbocycles. The van der Waals surface area contributed by atoms with Crippen LogP contribution in [0.5, 0.6) is 0 Å². The Balaban J connectivity index is 1.19. The predicted molar refractivity (Wildman–Crippen MR) is 154 cm³/mol. The van der Waals surface area contributed by atoms with Gasteiger partial charge >= 0.3 is 0 Å². The Labute approximate surface area is 229 Å². The lowest BCUT2D eigenvalue weighted by molar-refractivity contribution is -0.117. The molecule has 1 aliphatic rings. The van der Waals surface area contributed by atoms with Crippen LogP contribution >= 0.6 is 0 Å². The number of hydrogen-bond acceptors (Lipinski definition) is 7. The van der Waals surface area contributed by atoms with E-state index in [9.17, 15) is 4.79 Å². The van der Waals surface area contributed by atoms with Gasteiger partial charge in [0.25, 0.3) is 0 Å². The average Bonchev–Trinajstić information content (AvgIpc) is 3.62. The zero-order chi connectivity index (χ0) is 26.9. The van der Waals surface area contributed by atoms with E-state index >= 15 is 0 Å². The normalized spacial score (nSPS) is 14.1. The molecule has 6 aromatic rings. The third-order valence-electron chi connectivity index (χ3n) is 7.43. The number of pyridine rings is 4. The lowest BCUT2D eigenvalue weighted by Gasteiger charge is -2.21. The highest BCUT2D eigenvalue weighted by molar-refractivity contribution is 6.00. The number of carbonyl (C=O) groups excluding carboxylic acids is 1. The summed E-state index contributed by atoms with van der Waals surface area (Å²) in [5.74, 6) is 0.437. The van der Waals surface area contributed by atoms with Gasteiger partial charge in [0.15, 0.2) is 0 Å². The second-order valence-electron chi connectivity index (χ2n) is 10.1. The van der Waals surface area contributed by atoms with Crippen molar-refractivity contribution in [3.05, 3.63) is 73.6 Å². The standard InChI is InChI=1S/C30H27N9O/c40-28(10-18-5-8-31-9-6-18)35-21-11-20(14-33-15-21)24-3-4-25-29(37-24)30(39-38-25)26-12-22-23(16-34-17-27(22)36-26)19-2-1-7-32-13-19/h1-4,7,11-18,31,36H,5-6,8-10H2,(H,35,40)(H,38,39). The highest BCUT2D eigenvalue weighted by Gasteiger charge is 2.18. The van der Waals surface area contributed by atoms with Crippen LogP contribution < -0.4 is 10.6 Å². The summed E-state index contributed by atoms with van der Waals surface area (Å²) in [5.41, 5.74) is 8.21. The molecule has 7 heterocycles. The number of anilines is 1. The topological polar surface area (TPSA) is 137 Å². The molecule has 40 heavy (non-hydrogen) atoms. The monoisotopic (exact) mass is 529 g/mol. The first-order chi connectivity index (χ1) is 19.7. The molecule has 0 radical (unpaired) electrons. The first-order valence-corrected chi connectivity index (χ1v) is 13.4. The molecule has 0 bridgehead atoms. The van der Waals surface area contributed by atoms with Crippen molar-refractivity contribution in [1.29, 1.82) is 0 Å². The lowest BCUT2D eigenvalue weighted by atomic mass is 9.94. The Morgan fingerprint density at radius 2 is 1.80 bits per heavy atom. The highest BCUT2D eigenvalue weighted by atomic mass is 16.1. The summed E-state index contributed by atoms with van der Waals surface area (Å²) in [6.45, 7) is 1.94. The number of fused-ring (bicyclic) bond motifs is 2. The van der Waals surface area contributed by atoms with E-state index < -0.39 is 0 Å². The number of hydrogen-bond donors (Lipinski definition) is 4. The van der Waals surface area contributed by atoms with Crippen molar-refractivity contribution in [3.8, 4) is 33.8 Å². The van der Waals surface area contributed by atoms with E-state index in [1.807, 2.05) is 48.9 Å². The molecular formula is C30H27N9O. The zero-order valence-corrected chi connectivity index (χ0v) is 21.7. The van der Waals surface area contributed by atoms with Crippen LogP contribution in [0.3, 0.4) is 0 Å². The summed E-state index contributed by atoms with van der Waals surface area (Å²) in [6.07, 6.45) is 13.3. The summed E-state index contributed by atoms with van der Waals surface area (Å²) in [6, 6.07) is 11.8. The minimum atomic E-state index is 0.0188. The Kier molecular flexibility index (Phi) is 6.21. The van der Waals surface area contributed by atoms with Gasteiger partial charge in [-0.25, -0.2) is 4.98 Å². The van der Waals surface area contributed by atoms with Crippen LogP contribution in [0.4, 0.5) is 5.69 Å². The summed E-state index contributed by atoms with van der Waals surface area (Å²) < 4.78 is 0. The molecule has 1 aliphatic heterocycles. The zero-order valence-electron chi connectivity index (χ0n) is 21.7. The van der Waals surface area contributed by atoms with Gasteiger partial charge in [-0.15, -0.1) is 0 Å². The van der Waals surface area contributed by atoms with E-state index in [4.69, 9.17) is 4.98 Å². The molecule has 10 nitrogen and oxygen atoms in total. The van der Waals surface area contributed by atoms with Crippen LogP contribution in [-0.2, 0) is 4.79 Å². The van der Waals surface area contributed by atoms with Crippen LogP contribution in [0, 0.1) is 5.92 Å². The van der Waals surface area contributed by atoms with Crippen LogP contribution in [0.1, 0.15) is 19.3 Å². The Bertz CT molecular complexity index is 1820. The SMILES string of the molecule is O=C(CC1CCNCC1)Nc1cncc(-c2ccc3[nH]nc(-c4cc5c(-c6cccnc6)cncc5[nH]4)c3n2)c1. The molecule has 0 aliphatic carbocycles. The molecular weight excluding hydrogens is 502 g/mol. The van der Waals surface area contributed by atoms with Gasteiger partial charge in [-0.05, 0) is 62.2 Å². The minimum Gasteiger partial charge on any atom is -0.352 e. The maximum atomic E-state index is 12.7. The molecule has 198 valence electrons. The Hall–Kier alpha value is -4.96. The number of H-pyrrole nitrogens is 2. The number of aromatic nitrogens is 7. The number of aromatic amines is 2. The fourth-order valence-electron chi connectivity index (χ4n) is 5.39. The van der Waals surface area contributed by atoms with Gasteiger partial charge in [0.2, 0.25) is 5.91 Å². The van der Waals surface area contributed by atoms with Crippen molar-refractivity contribution in [2.75, 3.05) is 18.4 Å². The smallest absolute Gasteiger partial charge is 0.224 e. The van der Waals surface area contributed by atoms with E-state index in [0.717, 1.165) is 75.9 Å². The first kappa shape index (κ1) is 24.1. The van der Waals surface area contributed by atoms with Crippen molar-refractivity contribution >= 4 is 33.5 Å². The molecule has 0 saturated carbocycles. The second kappa shape index (κ2) is 10.3. The van der Waals surface area contributed by atoms with E-state index in [2.05, 4.69) is 46.8 Å². The number of amides is 1. The molecule has 6 aromatic heterocycles. The minimum absolute atomic E-state index is 0.0188. The lowest BCUT2D eigenvalue weighted by Crippen LogP contribution is -2.30. The van der Waals surface area contributed by atoms with Crippen molar-refractivity contribution in [2.45, 2.75) is 19.3 Å². The van der Waals surface area contributed by atoms with E-state index in [1.54, 1.807) is 18.6 Å². The molecule has 0 atom stereocenters. The van der Waals surface area contributed by atoms with Gasteiger partial charge < -0.3 is 15.6 Å². The van der Waals surface area contributed by atoms with Gasteiger partial charge in [0.05, 0.1) is 40.5 Å². The first-order valence-electron chi connectivity index (χ1n) is 13.4. The van der Waals surface area contributed by atoms with Crippen LogP contribution in [0.25, 0.3) is 55.7 Å². The van der Waals surface area contributed by atoms with Gasteiger partial charge in [0, 0.05) is 53.3 Å².